The van der Waals surface area contributed by atoms with Gasteiger partial charge in [-0.05, 0) is 20.8 Å². The second-order valence-electron chi connectivity index (χ2n) is 6.25. The fourth-order valence-corrected chi connectivity index (χ4v) is 3.11. The number of nitrogens with zero attached hydrogens (tertiary/aromatic N) is 3. The lowest BCUT2D eigenvalue weighted by molar-refractivity contribution is 0.00215. The van der Waals surface area contributed by atoms with Crippen molar-refractivity contribution in [3.8, 4) is 0 Å². The van der Waals surface area contributed by atoms with Gasteiger partial charge in [0, 0.05) is 31.3 Å². The number of piperidine rings is 1. The highest BCUT2D eigenvalue weighted by atomic mass is 32.1. The van der Waals surface area contributed by atoms with Crippen LogP contribution in [0.15, 0.2) is 10.5 Å². The summed E-state index contributed by atoms with van der Waals surface area (Å²) in [5, 5.41) is 13.3. The Kier molecular flexibility index (Phi) is 4.69. The number of rotatable bonds is 2. The van der Waals surface area contributed by atoms with Crippen LogP contribution in [0.5, 0.6) is 0 Å². The molecular formula is C14H20FN3O3S. The smallest absolute Gasteiger partial charge is 0.410 e. The van der Waals surface area contributed by atoms with Crippen LogP contribution in [-0.4, -0.2) is 46.1 Å². The molecule has 0 radical (unpaired) electrons. The molecule has 1 saturated heterocycles. The van der Waals surface area contributed by atoms with Crippen molar-refractivity contribution in [2.24, 2.45) is 5.16 Å². The zero-order chi connectivity index (χ0) is 16.4. The third kappa shape index (κ3) is 3.94. The average Bonchev–Trinajstić information content (AvgIpc) is 2.87. The molecule has 0 spiro atoms. The molecule has 122 valence electrons. The van der Waals surface area contributed by atoms with Crippen LogP contribution in [0.1, 0.15) is 44.3 Å². The third-order valence-corrected chi connectivity index (χ3v) is 4.34. The zero-order valence-corrected chi connectivity index (χ0v) is 13.7. The van der Waals surface area contributed by atoms with E-state index in [1.807, 2.05) is 0 Å². The highest BCUT2D eigenvalue weighted by molar-refractivity contribution is 7.10. The van der Waals surface area contributed by atoms with Crippen LogP contribution in [-0.2, 0) is 10.4 Å². The van der Waals surface area contributed by atoms with Crippen LogP contribution in [0.3, 0.4) is 0 Å². The van der Waals surface area contributed by atoms with Gasteiger partial charge in [0.1, 0.15) is 10.6 Å². The fraction of sp³-hybridized carbons (Fsp3) is 0.643. The lowest BCUT2D eigenvalue weighted by Gasteiger charge is -2.36. The molecule has 8 heteroatoms. The number of aromatic nitrogens is 1. The Bertz CT molecular complexity index is 560. The van der Waals surface area contributed by atoms with Gasteiger partial charge in [-0.25, -0.2) is 14.2 Å². The Balaban J connectivity index is 1.99. The van der Waals surface area contributed by atoms with Gasteiger partial charge in [-0.2, -0.15) is 0 Å². The Hall–Kier alpha value is -1.70. The quantitative estimate of drug-likeness (QED) is 0.514. The van der Waals surface area contributed by atoms with Crippen molar-refractivity contribution in [3.05, 3.63) is 16.1 Å². The van der Waals surface area contributed by atoms with Crippen molar-refractivity contribution < 1.29 is 19.1 Å². The highest BCUT2D eigenvalue weighted by Gasteiger charge is 2.40. The fourth-order valence-electron chi connectivity index (χ4n) is 2.19. The molecule has 1 N–H and O–H groups in total. The summed E-state index contributed by atoms with van der Waals surface area (Å²) in [7, 11) is 0. The predicted octanol–water partition coefficient (Wildman–Crippen LogP) is 3.15. The second-order valence-corrected chi connectivity index (χ2v) is 7.11. The standard InChI is InChI=1S/C14H20FN3O3S/c1-13(2,3)21-12(19)18-6-4-14(15,5-7-18)11-17-10(8-16-20)9-22-11/h8-9,20H,4-7H2,1-3H3/b16-8-. The Morgan fingerprint density at radius 3 is 2.73 bits per heavy atom. The minimum atomic E-state index is -1.55. The van der Waals surface area contributed by atoms with E-state index in [9.17, 15) is 9.18 Å². The number of alkyl halides is 1. The van der Waals surface area contributed by atoms with Gasteiger partial charge in [0.15, 0.2) is 5.67 Å². The van der Waals surface area contributed by atoms with E-state index in [0.29, 0.717) is 10.7 Å². The number of hydrogen-bond donors (Lipinski definition) is 1. The first-order chi connectivity index (χ1) is 10.2. The minimum Gasteiger partial charge on any atom is -0.444 e. The number of carbonyl (C=O) groups is 1. The summed E-state index contributed by atoms with van der Waals surface area (Å²) in [6.45, 7) is 5.97. The molecule has 0 bridgehead atoms. The number of thiazole rings is 1. The Morgan fingerprint density at radius 2 is 2.18 bits per heavy atom. The number of carbonyl (C=O) groups excluding carboxylic acids is 1. The highest BCUT2D eigenvalue weighted by Crippen LogP contribution is 2.38. The topological polar surface area (TPSA) is 75.0 Å². The first kappa shape index (κ1) is 16.7. The summed E-state index contributed by atoms with van der Waals surface area (Å²) in [5.41, 5.74) is -1.69. The summed E-state index contributed by atoms with van der Waals surface area (Å²) in [4.78, 5) is 17.6. The zero-order valence-electron chi connectivity index (χ0n) is 12.9. The Labute approximate surface area is 132 Å². The molecule has 0 aliphatic carbocycles. The molecule has 2 heterocycles. The summed E-state index contributed by atoms with van der Waals surface area (Å²) in [6, 6.07) is 0. The van der Waals surface area contributed by atoms with E-state index in [0.717, 1.165) is 0 Å². The van der Waals surface area contributed by atoms with Crippen molar-refractivity contribution in [3.63, 3.8) is 0 Å². The van der Waals surface area contributed by atoms with E-state index >= 15 is 0 Å². The monoisotopic (exact) mass is 329 g/mol. The van der Waals surface area contributed by atoms with Crippen molar-refractivity contribution in [2.75, 3.05) is 13.1 Å². The number of halogens is 1. The van der Waals surface area contributed by atoms with E-state index < -0.39 is 17.4 Å². The van der Waals surface area contributed by atoms with Crippen LogP contribution in [0.25, 0.3) is 0 Å². The van der Waals surface area contributed by atoms with Gasteiger partial charge in [0.05, 0.1) is 11.9 Å². The van der Waals surface area contributed by atoms with Gasteiger partial charge < -0.3 is 14.8 Å². The van der Waals surface area contributed by atoms with Crippen molar-refractivity contribution in [2.45, 2.75) is 44.9 Å². The van der Waals surface area contributed by atoms with E-state index in [-0.39, 0.29) is 25.9 Å². The van der Waals surface area contributed by atoms with Gasteiger partial charge in [-0.15, -0.1) is 11.3 Å². The first-order valence-electron chi connectivity index (χ1n) is 7.04. The normalized spacial score (nSPS) is 18.6. The van der Waals surface area contributed by atoms with E-state index in [1.54, 1.807) is 26.2 Å². The van der Waals surface area contributed by atoms with Crippen LogP contribution < -0.4 is 0 Å². The number of amides is 1. The average molecular weight is 329 g/mol. The first-order valence-corrected chi connectivity index (χ1v) is 7.92. The van der Waals surface area contributed by atoms with Gasteiger partial charge in [-0.1, -0.05) is 5.16 Å². The molecule has 22 heavy (non-hydrogen) atoms. The maximum absolute atomic E-state index is 15.0. The predicted molar refractivity (Wildman–Crippen MR) is 81.3 cm³/mol. The summed E-state index contributed by atoms with van der Waals surface area (Å²) in [5.74, 6) is 0. The number of oxime groups is 1. The van der Waals surface area contributed by atoms with Gasteiger partial charge in [-0.3, -0.25) is 0 Å². The van der Waals surface area contributed by atoms with Crippen LogP contribution in [0, 0.1) is 0 Å². The molecule has 1 aliphatic rings. The van der Waals surface area contributed by atoms with Crippen molar-refractivity contribution in [1.29, 1.82) is 0 Å². The van der Waals surface area contributed by atoms with Gasteiger partial charge in [0.25, 0.3) is 0 Å². The summed E-state index contributed by atoms with van der Waals surface area (Å²) >= 11 is 1.19. The van der Waals surface area contributed by atoms with E-state index in [2.05, 4.69) is 10.1 Å². The number of ether oxygens (including phenoxy) is 1. The molecule has 6 nitrogen and oxygen atoms in total. The lowest BCUT2D eigenvalue weighted by Crippen LogP contribution is -2.45. The molecule has 1 aromatic rings. The second kappa shape index (κ2) is 6.20. The largest absolute Gasteiger partial charge is 0.444 e. The number of likely N-dealkylation sites (tertiary alicyclic amines) is 1. The van der Waals surface area contributed by atoms with E-state index in [4.69, 9.17) is 9.94 Å². The molecule has 0 atom stereocenters. The van der Waals surface area contributed by atoms with E-state index in [1.165, 1.54) is 22.5 Å². The van der Waals surface area contributed by atoms with Crippen LogP contribution in [0.4, 0.5) is 9.18 Å². The SMILES string of the molecule is CC(C)(C)OC(=O)N1CCC(F)(c2nc(/C=N\O)cs2)CC1. The minimum absolute atomic E-state index is 0.176. The van der Waals surface area contributed by atoms with Crippen LogP contribution in [0.2, 0.25) is 0 Å². The molecular weight excluding hydrogens is 309 g/mol. The molecule has 1 aliphatic heterocycles. The van der Waals surface area contributed by atoms with Crippen molar-refractivity contribution >= 4 is 23.6 Å². The van der Waals surface area contributed by atoms with Gasteiger partial charge in [0.2, 0.25) is 0 Å². The summed E-state index contributed by atoms with van der Waals surface area (Å²) < 4.78 is 20.3. The maximum Gasteiger partial charge on any atom is 0.410 e. The molecule has 1 aromatic heterocycles. The Morgan fingerprint density at radius 1 is 1.55 bits per heavy atom. The third-order valence-electron chi connectivity index (χ3n) is 3.30. The molecule has 1 amide bonds. The molecule has 2 rings (SSSR count). The summed E-state index contributed by atoms with van der Waals surface area (Å²) in [6.07, 6.45) is 1.10. The van der Waals surface area contributed by atoms with Crippen LogP contribution >= 0.6 is 11.3 Å². The van der Waals surface area contributed by atoms with Crippen molar-refractivity contribution in [1.82, 2.24) is 9.88 Å². The lowest BCUT2D eigenvalue weighted by atomic mass is 9.94. The van der Waals surface area contributed by atoms with Gasteiger partial charge >= 0.3 is 6.09 Å². The molecule has 1 fully saturated rings. The molecule has 0 aromatic carbocycles. The molecule has 0 saturated carbocycles. The maximum atomic E-state index is 15.0. The number of hydrogen-bond acceptors (Lipinski definition) is 6. The molecule has 0 unspecified atom stereocenters.